The molecule has 16 heavy (non-hydrogen) atoms. The number of hydrogen-bond acceptors (Lipinski definition) is 3. The van der Waals surface area contributed by atoms with Crippen molar-refractivity contribution < 1.29 is 9.47 Å². The van der Waals surface area contributed by atoms with Crippen LogP contribution in [0.2, 0.25) is 0 Å². The Labute approximate surface area is 99.9 Å². The summed E-state index contributed by atoms with van der Waals surface area (Å²) in [7, 11) is 1.76. The molecular weight excluding hydrogens is 202 g/mol. The number of nitrogens with one attached hydrogen (secondary N) is 1. The standard InChI is InChI=1S/C13H27NO2/c1-10(2)13-7-12(5-6-16-13)14-8-11(3)9-15-4/h10-14H,5-9H2,1-4H3. The molecule has 3 heteroatoms. The van der Waals surface area contributed by atoms with Crippen LogP contribution in [0.3, 0.4) is 0 Å². The molecule has 3 unspecified atom stereocenters. The Morgan fingerprint density at radius 1 is 1.38 bits per heavy atom. The molecule has 0 aromatic rings. The molecule has 96 valence electrons. The predicted octanol–water partition coefficient (Wildman–Crippen LogP) is 2.06. The quantitative estimate of drug-likeness (QED) is 0.756. The van der Waals surface area contributed by atoms with E-state index in [1.807, 2.05) is 0 Å². The van der Waals surface area contributed by atoms with Crippen LogP contribution < -0.4 is 5.32 Å². The smallest absolute Gasteiger partial charge is 0.0612 e. The molecule has 0 spiro atoms. The average molecular weight is 229 g/mol. The van der Waals surface area contributed by atoms with Gasteiger partial charge in [-0.15, -0.1) is 0 Å². The van der Waals surface area contributed by atoms with Crippen LogP contribution in [-0.2, 0) is 9.47 Å². The van der Waals surface area contributed by atoms with E-state index in [1.165, 1.54) is 0 Å². The second-order valence-electron chi connectivity index (χ2n) is 5.34. The fourth-order valence-corrected chi connectivity index (χ4v) is 2.19. The SMILES string of the molecule is COCC(C)CNC1CCOC(C(C)C)C1. The minimum absolute atomic E-state index is 0.434. The van der Waals surface area contributed by atoms with Gasteiger partial charge < -0.3 is 14.8 Å². The highest BCUT2D eigenvalue weighted by molar-refractivity contribution is 4.79. The summed E-state index contributed by atoms with van der Waals surface area (Å²) in [5.41, 5.74) is 0. The first-order valence-electron chi connectivity index (χ1n) is 6.47. The van der Waals surface area contributed by atoms with Crippen LogP contribution >= 0.6 is 0 Å². The maximum Gasteiger partial charge on any atom is 0.0612 e. The highest BCUT2D eigenvalue weighted by atomic mass is 16.5. The third-order valence-electron chi connectivity index (χ3n) is 3.26. The lowest BCUT2D eigenvalue weighted by Gasteiger charge is -2.33. The molecule has 1 fully saturated rings. The van der Waals surface area contributed by atoms with Gasteiger partial charge in [0, 0.05) is 32.9 Å². The summed E-state index contributed by atoms with van der Waals surface area (Å²) in [6.07, 6.45) is 2.73. The van der Waals surface area contributed by atoms with Gasteiger partial charge in [-0.05, 0) is 24.7 Å². The van der Waals surface area contributed by atoms with Crippen molar-refractivity contribution in [3.05, 3.63) is 0 Å². The highest BCUT2D eigenvalue weighted by Crippen LogP contribution is 2.20. The zero-order valence-corrected chi connectivity index (χ0v) is 11.2. The average Bonchev–Trinajstić information content (AvgIpc) is 2.27. The lowest BCUT2D eigenvalue weighted by molar-refractivity contribution is -0.0250. The van der Waals surface area contributed by atoms with E-state index in [-0.39, 0.29) is 0 Å². The molecule has 0 aromatic heterocycles. The van der Waals surface area contributed by atoms with Crippen LogP contribution in [0.15, 0.2) is 0 Å². The summed E-state index contributed by atoms with van der Waals surface area (Å²) >= 11 is 0. The van der Waals surface area contributed by atoms with Crippen molar-refractivity contribution in [3.63, 3.8) is 0 Å². The maximum absolute atomic E-state index is 5.76. The van der Waals surface area contributed by atoms with E-state index in [9.17, 15) is 0 Å². The van der Waals surface area contributed by atoms with Gasteiger partial charge in [0.25, 0.3) is 0 Å². The van der Waals surface area contributed by atoms with E-state index >= 15 is 0 Å². The van der Waals surface area contributed by atoms with Crippen LogP contribution in [-0.4, -0.2) is 39.0 Å². The normalized spacial score (nSPS) is 28.3. The molecule has 1 N–H and O–H groups in total. The van der Waals surface area contributed by atoms with Crippen LogP contribution in [0.4, 0.5) is 0 Å². The molecule has 3 nitrogen and oxygen atoms in total. The molecule has 0 radical (unpaired) electrons. The van der Waals surface area contributed by atoms with E-state index in [4.69, 9.17) is 9.47 Å². The molecule has 1 aliphatic rings. The second-order valence-corrected chi connectivity index (χ2v) is 5.34. The third-order valence-corrected chi connectivity index (χ3v) is 3.26. The van der Waals surface area contributed by atoms with E-state index in [2.05, 4.69) is 26.1 Å². The zero-order valence-electron chi connectivity index (χ0n) is 11.2. The van der Waals surface area contributed by atoms with Crippen molar-refractivity contribution in [2.24, 2.45) is 11.8 Å². The molecule has 1 aliphatic heterocycles. The summed E-state index contributed by atoms with van der Waals surface area (Å²) in [6, 6.07) is 0.625. The predicted molar refractivity (Wildman–Crippen MR) is 66.6 cm³/mol. The van der Waals surface area contributed by atoms with E-state index in [1.54, 1.807) is 7.11 Å². The molecule has 1 rings (SSSR count). The van der Waals surface area contributed by atoms with E-state index in [0.29, 0.717) is 24.0 Å². The Hall–Kier alpha value is -0.120. The van der Waals surface area contributed by atoms with Crippen molar-refractivity contribution in [2.75, 3.05) is 26.9 Å². The third kappa shape index (κ3) is 4.81. The molecule has 0 bridgehead atoms. The highest BCUT2D eigenvalue weighted by Gasteiger charge is 2.24. The molecule has 0 aromatic carbocycles. The van der Waals surface area contributed by atoms with Gasteiger partial charge in [-0.3, -0.25) is 0 Å². The van der Waals surface area contributed by atoms with Gasteiger partial charge in [-0.25, -0.2) is 0 Å². The minimum Gasteiger partial charge on any atom is -0.384 e. The second kappa shape index (κ2) is 7.25. The van der Waals surface area contributed by atoms with Crippen LogP contribution in [0, 0.1) is 11.8 Å². The largest absolute Gasteiger partial charge is 0.384 e. The maximum atomic E-state index is 5.76. The lowest BCUT2D eigenvalue weighted by atomic mass is 9.95. The first-order valence-corrected chi connectivity index (χ1v) is 6.47. The Balaban J connectivity index is 2.21. The first kappa shape index (κ1) is 13.9. The topological polar surface area (TPSA) is 30.5 Å². The van der Waals surface area contributed by atoms with Crippen molar-refractivity contribution in [3.8, 4) is 0 Å². The number of ether oxygens (including phenoxy) is 2. The van der Waals surface area contributed by atoms with Crippen molar-refractivity contribution in [2.45, 2.75) is 45.8 Å². The molecule has 1 saturated heterocycles. The molecule has 0 saturated carbocycles. The van der Waals surface area contributed by atoms with Crippen molar-refractivity contribution in [1.29, 1.82) is 0 Å². The zero-order chi connectivity index (χ0) is 12.0. The van der Waals surface area contributed by atoms with Crippen LogP contribution in [0.1, 0.15) is 33.6 Å². The molecular formula is C13H27NO2. The summed E-state index contributed by atoms with van der Waals surface area (Å²) < 4.78 is 10.9. The lowest BCUT2D eigenvalue weighted by Crippen LogP contribution is -2.42. The fraction of sp³-hybridized carbons (Fsp3) is 1.00. The summed E-state index contributed by atoms with van der Waals surface area (Å²) in [5, 5.41) is 3.63. The molecule has 1 heterocycles. The van der Waals surface area contributed by atoms with Crippen molar-refractivity contribution in [1.82, 2.24) is 5.32 Å². The molecule has 3 atom stereocenters. The monoisotopic (exact) mass is 229 g/mol. The number of hydrogen-bond donors (Lipinski definition) is 1. The number of methoxy groups -OCH3 is 1. The van der Waals surface area contributed by atoms with Gasteiger partial charge in [0.05, 0.1) is 6.10 Å². The van der Waals surface area contributed by atoms with E-state index in [0.717, 1.165) is 32.6 Å². The van der Waals surface area contributed by atoms with E-state index < -0.39 is 0 Å². The first-order chi connectivity index (χ1) is 7.63. The number of rotatable bonds is 6. The summed E-state index contributed by atoms with van der Waals surface area (Å²) in [6.45, 7) is 9.48. The van der Waals surface area contributed by atoms with Gasteiger partial charge >= 0.3 is 0 Å². The Morgan fingerprint density at radius 2 is 2.12 bits per heavy atom. The van der Waals surface area contributed by atoms with Gasteiger partial charge in [0.15, 0.2) is 0 Å². The molecule has 0 amide bonds. The summed E-state index contributed by atoms with van der Waals surface area (Å²) in [5.74, 6) is 1.21. The Bertz CT molecular complexity index is 185. The van der Waals surface area contributed by atoms with Crippen LogP contribution in [0.25, 0.3) is 0 Å². The molecule has 0 aliphatic carbocycles. The van der Waals surface area contributed by atoms with Gasteiger partial charge in [-0.2, -0.15) is 0 Å². The van der Waals surface area contributed by atoms with Gasteiger partial charge in [-0.1, -0.05) is 20.8 Å². The van der Waals surface area contributed by atoms with Gasteiger partial charge in [0.1, 0.15) is 0 Å². The van der Waals surface area contributed by atoms with Crippen LogP contribution in [0.5, 0.6) is 0 Å². The Kier molecular flexibility index (Phi) is 6.32. The van der Waals surface area contributed by atoms with Crippen molar-refractivity contribution >= 4 is 0 Å². The summed E-state index contributed by atoms with van der Waals surface area (Å²) in [4.78, 5) is 0. The Morgan fingerprint density at radius 3 is 2.75 bits per heavy atom. The van der Waals surface area contributed by atoms with Gasteiger partial charge in [0.2, 0.25) is 0 Å². The fourth-order valence-electron chi connectivity index (χ4n) is 2.19. The minimum atomic E-state index is 0.434.